The number of benzene rings is 9. The van der Waals surface area contributed by atoms with E-state index in [2.05, 4.69) is 242 Å². The molecule has 2 aromatic heterocycles. The maximum atomic E-state index is 5.42. The van der Waals surface area contributed by atoms with Crippen LogP contribution in [0.1, 0.15) is 47.5 Å². The third-order valence-corrected chi connectivity index (χ3v) is 14.5. The van der Waals surface area contributed by atoms with E-state index < -0.39 is 5.41 Å². The Labute approximate surface area is 397 Å². The Morgan fingerprint density at radius 1 is 0.338 bits per heavy atom. The van der Waals surface area contributed by atoms with Gasteiger partial charge in [-0.25, -0.2) is 0 Å². The lowest BCUT2D eigenvalue weighted by Gasteiger charge is -2.35. The first-order chi connectivity index (χ1) is 33.5. The minimum Gasteiger partial charge on any atom is -0.310 e. The van der Waals surface area contributed by atoms with E-state index in [0.717, 1.165) is 50.9 Å². The lowest BCUT2D eigenvalue weighted by atomic mass is 9.69. The summed E-state index contributed by atoms with van der Waals surface area (Å²) in [5.41, 5.74) is 17.0. The summed E-state index contributed by atoms with van der Waals surface area (Å²) in [6, 6.07) is 83.7. The lowest BCUT2D eigenvalue weighted by Crippen LogP contribution is -2.32. The summed E-state index contributed by atoms with van der Waals surface area (Å²) in [4.78, 5) is 15.7. The molecule has 0 N–H and O–H groups in total. The van der Waals surface area contributed by atoms with E-state index in [0.29, 0.717) is 0 Å². The maximum absolute atomic E-state index is 5.42. The van der Waals surface area contributed by atoms with Crippen molar-refractivity contribution in [1.82, 2.24) is 9.97 Å². The Morgan fingerprint density at radius 3 is 1.40 bits per heavy atom. The Hall–Kier alpha value is -8.60. The number of hydrogen-bond acceptors (Lipinski definition) is 4. The van der Waals surface area contributed by atoms with E-state index in [9.17, 15) is 0 Å². The van der Waals surface area contributed by atoms with Crippen molar-refractivity contribution in [2.45, 2.75) is 24.7 Å². The molecule has 68 heavy (non-hydrogen) atoms. The van der Waals surface area contributed by atoms with Crippen molar-refractivity contribution in [3.63, 3.8) is 0 Å². The van der Waals surface area contributed by atoms with Crippen LogP contribution in [0, 0.1) is 0 Å². The highest BCUT2D eigenvalue weighted by Crippen LogP contribution is 2.67. The molecular formula is C64H46N4. The van der Waals surface area contributed by atoms with E-state index >= 15 is 0 Å². The predicted octanol–water partition coefficient (Wildman–Crippen LogP) is 16.4. The molecule has 0 atom stereocenters. The largest absolute Gasteiger partial charge is 0.310 e. The molecule has 0 saturated carbocycles. The van der Waals surface area contributed by atoms with Gasteiger partial charge >= 0.3 is 0 Å². The van der Waals surface area contributed by atoms with Crippen molar-refractivity contribution in [1.29, 1.82) is 0 Å². The Balaban J connectivity index is 1.26. The predicted molar refractivity (Wildman–Crippen MR) is 281 cm³/mol. The quantitative estimate of drug-likeness (QED) is 0.142. The van der Waals surface area contributed by atoms with Gasteiger partial charge in [0, 0.05) is 57.4 Å². The molecule has 13 rings (SSSR count). The van der Waals surface area contributed by atoms with Crippen LogP contribution in [-0.2, 0) is 10.8 Å². The van der Waals surface area contributed by atoms with Crippen LogP contribution in [0.15, 0.2) is 243 Å². The van der Waals surface area contributed by atoms with Gasteiger partial charge < -0.3 is 9.80 Å². The molecular weight excluding hydrogens is 825 g/mol. The van der Waals surface area contributed by atoms with Crippen molar-refractivity contribution >= 4 is 55.7 Å². The molecule has 0 radical (unpaired) electrons. The Bertz CT molecular complexity index is 3570. The summed E-state index contributed by atoms with van der Waals surface area (Å²) in [6.07, 6.45) is 3.90. The Kier molecular flexibility index (Phi) is 9.06. The van der Waals surface area contributed by atoms with Gasteiger partial charge in [-0.05, 0) is 140 Å². The van der Waals surface area contributed by atoms with Gasteiger partial charge in [-0.3, -0.25) is 9.97 Å². The van der Waals surface area contributed by atoms with Crippen molar-refractivity contribution < 1.29 is 0 Å². The highest BCUT2D eigenvalue weighted by molar-refractivity contribution is 6.22. The molecule has 4 heteroatoms. The molecule has 0 unspecified atom stereocenters. The van der Waals surface area contributed by atoms with E-state index in [4.69, 9.17) is 9.97 Å². The number of para-hydroxylation sites is 4. The fourth-order valence-electron chi connectivity index (χ4n) is 11.7. The summed E-state index contributed by atoms with van der Waals surface area (Å²) in [7, 11) is 0. The number of fused-ring (bicyclic) bond motifs is 11. The van der Waals surface area contributed by atoms with Gasteiger partial charge in [0.2, 0.25) is 0 Å². The maximum Gasteiger partial charge on any atom is 0.106 e. The van der Waals surface area contributed by atoms with Crippen molar-refractivity contribution in [2.75, 3.05) is 9.80 Å². The van der Waals surface area contributed by atoms with Crippen LogP contribution in [0.2, 0.25) is 0 Å². The first-order valence-electron chi connectivity index (χ1n) is 23.5. The topological polar surface area (TPSA) is 32.3 Å². The zero-order valence-electron chi connectivity index (χ0n) is 37.9. The SMILES string of the molecule is CC1(C)c2ccccc2-c2c1cc1c(c2N(c2ccccc2)c2ccccc2)-c2c(c3ccc(N(c4ccccc4)c4ccccc4)cc3c3ccccc23)C1(c1ccccn1)c1ccccn1. The summed E-state index contributed by atoms with van der Waals surface area (Å²) < 4.78 is 0. The number of anilines is 6. The van der Waals surface area contributed by atoms with Crippen LogP contribution in [-0.4, -0.2) is 9.97 Å². The summed E-state index contributed by atoms with van der Waals surface area (Å²) >= 11 is 0. The zero-order chi connectivity index (χ0) is 45.4. The molecule has 2 aliphatic carbocycles. The van der Waals surface area contributed by atoms with E-state index in [1.807, 2.05) is 24.5 Å². The van der Waals surface area contributed by atoms with Crippen LogP contribution in [0.25, 0.3) is 43.8 Å². The second-order valence-electron chi connectivity index (χ2n) is 18.5. The molecule has 0 aliphatic heterocycles. The van der Waals surface area contributed by atoms with E-state index in [-0.39, 0.29) is 5.41 Å². The molecule has 0 spiro atoms. The van der Waals surface area contributed by atoms with Crippen molar-refractivity contribution in [3.8, 4) is 22.3 Å². The zero-order valence-corrected chi connectivity index (χ0v) is 37.9. The molecule has 4 nitrogen and oxygen atoms in total. The van der Waals surface area contributed by atoms with Gasteiger partial charge in [-0.1, -0.05) is 159 Å². The van der Waals surface area contributed by atoms with Crippen molar-refractivity contribution in [3.05, 3.63) is 277 Å². The average Bonchev–Trinajstić information content (AvgIpc) is 3.84. The summed E-state index contributed by atoms with van der Waals surface area (Å²) in [5, 5.41) is 4.69. The first kappa shape index (κ1) is 39.7. The molecule has 11 aromatic rings. The molecule has 9 aromatic carbocycles. The third-order valence-electron chi connectivity index (χ3n) is 14.5. The lowest BCUT2D eigenvalue weighted by molar-refractivity contribution is 0.653. The van der Waals surface area contributed by atoms with Gasteiger partial charge in [0.1, 0.15) is 5.41 Å². The number of rotatable bonds is 8. The van der Waals surface area contributed by atoms with Gasteiger partial charge in [0.15, 0.2) is 0 Å². The Morgan fingerprint density at radius 2 is 0.838 bits per heavy atom. The number of nitrogens with zero attached hydrogens (tertiary/aromatic N) is 4. The fourth-order valence-corrected chi connectivity index (χ4v) is 11.7. The highest BCUT2D eigenvalue weighted by Gasteiger charge is 2.54. The fraction of sp³-hybridized carbons (Fsp3) is 0.0625. The van der Waals surface area contributed by atoms with E-state index in [1.165, 1.54) is 60.7 Å². The summed E-state index contributed by atoms with van der Waals surface area (Å²) in [5.74, 6) is 0. The smallest absolute Gasteiger partial charge is 0.106 e. The van der Waals surface area contributed by atoms with Crippen LogP contribution < -0.4 is 9.80 Å². The second kappa shape index (κ2) is 15.5. The minimum absolute atomic E-state index is 0.332. The number of pyridine rings is 2. The molecule has 2 heterocycles. The monoisotopic (exact) mass is 870 g/mol. The van der Waals surface area contributed by atoms with Crippen LogP contribution in [0.3, 0.4) is 0 Å². The minimum atomic E-state index is -0.941. The molecule has 322 valence electrons. The van der Waals surface area contributed by atoms with Crippen LogP contribution in [0.5, 0.6) is 0 Å². The first-order valence-corrected chi connectivity index (χ1v) is 23.5. The van der Waals surface area contributed by atoms with Gasteiger partial charge in [0.05, 0.1) is 17.1 Å². The van der Waals surface area contributed by atoms with E-state index in [1.54, 1.807) is 0 Å². The van der Waals surface area contributed by atoms with Crippen LogP contribution in [0.4, 0.5) is 34.1 Å². The van der Waals surface area contributed by atoms with Crippen molar-refractivity contribution in [2.24, 2.45) is 0 Å². The molecule has 0 amide bonds. The highest BCUT2D eigenvalue weighted by atomic mass is 15.2. The van der Waals surface area contributed by atoms with Gasteiger partial charge in [0.25, 0.3) is 0 Å². The standard InChI is InChI=1S/C64H46N4/c1-63(2)53-34-18-17-33-51(53)58-54(63)42-55-60(62(58)68(45-27-11-5-12-28-45)46-29-13-6-14-30-46)59-49-32-16-15-31-48(49)52-41-47(67(43-23-7-3-8-24-43)44-25-9-4-10-26-44)37-38-50(52)61(59)64(55,56-35-19-21-39-65-56)57-36-20-22-40-66-57/h3-42H,1-2H3. The average molecular weight is 871 g/mol. The van der Waals surface area contributed by atoms with Gasteiger partial charge in [-0.15, -0.1) is 0 Å². The molecule has 2 aliphatic rings. The molecule has 0 saturated heterocycles. The summed E-state index contributed by atoms with van der Waals surface area (Å²) in [6.45, 7) is 4.79. The molecule has 0 bridgehead atoms. The number of aromatic nitrogens is 2. The third kappa shape index (κ3) is 5.74. The molecule has 0 fully saturated rings. The van der Waals surface area contributed by atoms with Gasteiger partial charge in [-0.2, -0.15) is 0 Å². The normalized spacial score (nSPS) is 13.7. The number of hydrogen-bond donors (Lipinski definition) is 0. The second-order valence-corrected chi connectivity index (χ2v) is 18.5. The van der Waals surface area contributed by atoms with Crippen LogP contribution >= 0.6 is 0 Å².